The van der Waals surface area contributed by atoms with Crippen molar-refractivity contribution in [2.24, 2.45) is 5.92 Å². The Kier molecular flexibility index (Phi) is 5.50. The monoisotopic (exact) mass is 359 g/mol. The van der Waals surface area contributed by atoms with E-state index in [1.165, 1.54) is 25.6 Å². The van der Waals surface area contributed by atoms with Crippen LogP contribution in [0.25, 0.3) is 0 Å². The maximum Gasteiger partial charge on any atom is 0.308 e. The van der Waals surface area contributed by atoms with E-state index in [1.807, 2.05) is 0 Å². The standard InChI is InChI=1S/C18H22FN5O2/c1-26-18(25)13-6-8-24(9-7-13)17-15(20)16(22-11-23-17)21-10-12-2-4-14(19)5-3-12/h2-5,11,13H,6-10,20H2,1H3,(H,21,22,23). The molecule has 0 bridgehead atoms. The van der Waals surface area contributed by atoms with Crippen LogP contribution in [0.15, 0.2) is 30.6 Å². The zero-order valence-corrected chi connectivity index (χ0v) is 14.6. The fraction of sp³-hybridized carbons (Fsp3) is 0.389. The van der Waals surface area contributed by atoms with Crippen LogP contribution in [0.2, 0.25) is 0 Å². The van der Waals surface area contributed by atoms with Crippen LogP contribution in [0.5, 0.6) is 0 Å². The minimum absolute atomic E-state index is 0.0737. The van der Waals surface area contributed by atoms with Crippen LogP contribution in [0.3, 0.4) is 0 Å². The number of esters is 1. The molecule has 1 aliphatic rings. The van der Waals surface area contributed by atoms with Gasteiger partial charge in [-0.1, -0.05) is 12.1 Å². The number of ether oxygens (including phenoxy) is 1. The predicted octanol–water partition coefficient (Wildman–Crippen LogP) is 2.20. The molecule has 0 spiro atoms. The lowest BCUT2D eigenvalue weighted by Crippen LogP contribution is -2.37. The molecule has 7 nitrogen and oxygen atoms in total. The van der Waals surface area contributed by atoms with Crippen LogP contribution in [0, 0.1) is 11.7 Å². The zero-order valence-electron chi connectivity index (χ0n) is 14.6. The Morgan fingerprint density at radius 1 is 1.31 bits per heavy atom. The van der Waals surface area contributed by atoms with E-state index >= 15 is 0 Å². The summed E-state index contributed by atoms with van der Waals surface area (Å²) in [4.78, 5) is 22.2. The molecule has 8 heteroatoms. The first kappa shape index (κ1) is 17.9. The van der Waals surface area contributed by atoms with Crippen molar-refractivity contribution in [1.82, 2.24) is 9.97 Å². The van der Waals surface area contributed by atoms with Gasteiger partial charge in [0.15, 0.2) is 11.6 Å². The van der Waals surface area contributed by atoms with E-state index in [4.69, 9.17) is 10.5 Å². The van der Waals surface area contributed by atoms with Crippen molar-refractivity contribution in [3.63, 3.8) is 0 Å². The Labute approximate surface area is 151 Å². The molecular weight excluding hydrogens is 337 g/mol. The third kappa shape index (κ3) is 4.01. The van der Waals surface area contributed by atoms with Crippen molar-refractivity contribution in [3.05, 3.63) is 42.0 Å². The highest BCUT2D eigenvalue weighted by Crippen LogP contribution is 2.30. The van der Waals surface area contributed by atoms with E-state index in [9.17, 15) is 9.18 Å². The number of nitrogens with one attached hydrogen (secondary N) is 1. The molecule has 0 unspecified atom stereocenters. The van der Waals surface area contributed by atoms with Crippen molar-refractivity contribution in [3.8, 4) is 0 Å². The second-order valence-electron chi connectivity index (χ2n) is 6.22. The van der Waals surface area contributed by atoms with Gasteiger partial charge >= 0.3 is 5.97 Å². The number of nitrogens with two attached hydrogens (primary N) is 1. The summed E-state index contributed by atoms with van der Waals surface area (Å²) < 4.78 is 17.8. The lowest BCUT2D eigenvalue weighted by atomic mass is 9.97. The number of rotatable bonds is 5. The Balaban J connectivity index is 1.65. The maximum absolute atomic E-state index is 13.0. The number of carbonyl (C=O) groups is 1. The molecule has 3 N–H and O–H groups in total. The molecule has 26 heavy (non-hydrogen) atoms. The van der Waals surface area contributed by atoms with Gasteiger partial charge in [0.25, 0.3) is 0 Å². The minimum Gasteiger partial charge on any atom is -0.469 e. The normalized spacial score (nSPS) is 14.9. The fourth-order valence-corrected chi connectivity index (χ4v) is 3.06. The van der Waals surface area contributed by atoms with Crippen molar-refractivity contribution in [1.29, 1.82) is 0 Å². The maximum atomic E-state index is 13.0. The summed E-state index contributed by atoms with van der Waals surface area (Å²) in [5.41, 5.74) is 7.63. The molecule has 1 fully saturated rings. The number of hydrogen-bond donors (Lipinski definition) is 2. The van der Waals surface area contributed by atoms with Crippen molar-refractivity contribution < 1.29 is 13.9 Å². The van der Waals surface area contributed by atoms with E-state index < -0.39 is 0 Å². The first-order valence-electron chi connectivity index (χ1n) is 8.50. The molecule has 0 aliphatic carbocycles. The summed E-state index contributed by atoms with van der Waals surface area (Å²) in [5, 5.41) is 3.16. The topological polar surface area (TPSA) is 93.4 Å². The Hall–Kier alpha value is -2.90. The molecule has 1 saturated heterocycles. The summed E-state index contributed by atoms with van der Waals surface area (Å²) >= 11 is 0. The van der Waals surface area contributed by atoms with Crippen molar-refractivity contribution >= 4 is 23.3 Å². The number of nitrogens with zero attached hydrogens (tertiary/aromatic N) is 3. The number of benzene rings is 1. The Morgan fingerprint density at radius 2 is 2.00 bits per heavy atom. The number of halogens is 1. The molecule has 0 amide bonds. The molecule has 1 aromatic carbocycles. The molecular formula is C18H22FN5O2. The average Bonchev–Trinajstić information content (AvgIpc) is 2.68. The quantitative estimate of drug-likeness (QED) is 0.791. The van der Waals surface area contributed by atoms with Gasteiger partial charge in [-0.25, -0.2) is 14.4 Å². The molecule has 2 aromatic rings. The SMILES string of the molecule is COC(=O)C1CCN(c2ncnc(NCc3ccc(F)cc3)c2N)CC1. The lowest BCUT2D eigenvalue weighted by Gasteiger charge is -2.32. The van der Waals surface area contributed by atoms with Gasteiger partial charge < -0.3 is 20.7 Å². The van der Waals surface area contributed by atoms with Crippen LogP contribution >= 0.6 is 0 Å². The highest BCUT2D eigenvalue weighted by atomic mass is 19.1. The van der Waals surface area contributed by atoms with Gasteiger partial charge in [-0.2, -0.15) is 0 Å². The number of hydrogen-bond acceptors (Lipinski definition) is 7. The second kappa shape index (κ2) is 7.99. The number of carbonyl (C=O) groups excluding carboxylic acids is 1. The summed E-state index contributed by atoms with van der Waals surface area (Å²) in [6, 6.07) is 6.24. The van der Waals surface area contributed by atoms with Crippen molar-refractivity contribution in [2.45, 2.75) is 19.4 Å². The van der Waals surface area contributed by atoms with Crippen LogP contribution in [-0.4, -0.2) is 36.1 Å². The van der Waals surface area contributed by atoms with Crippen molar-refractivity contribution in [2.75, 3.05) is 36.1 Å². The average molecular weight is 359 g/mol. The summed E-state index contributed by atoms with van der Waals surface area (Å²) in [7, 11) is 1.41. The number of anilines is 3. The predicted molar refractivity (Wildman–Crippen MR) is 97.1 cm³/mol. The Morgan fingerprint density at radius 3 is 2.65 bits per heavy atom. The lowest BCUT2D eigenvalue weighted by molar-refractivity contribution is -0.146. The first-order chi connectivity index (χ1) is 12.6. The number of methoxy groups -OCH3 is 1. The van der Waals surface area contributed by atoms with Gasteiger partial charge in [-0.15, -0.1) is 0 Å². The van der Waals surface area contributed by atoms with Gasteiger partial charge in [0.1, 0.15) is 17.8 Å². The minimum atomic E-state index is -0.270. The van der Waals surface area contributed by atoms with E-state index in [1.54, 1.807) is 12.1 Å². The van der Waals surface area contributed by atoms with E-state index in [0.717, 1.165) is 5.56 Å². The molecule has 0 saturated carbocycles. The van der Waals surface area contributed by atoms with E-state index in [0.29, 0.717) is 49.8 Å². The smallest absolute Gasteiger partial charge is 0.308 e. The Bertz CT molecular complexity index is 761. The van der Waals surface area contributed by atoms with Gasteiger partial charge in [-0.05, 0) is 30.5 Å². The van der Waals surface area contributed by atoms with Crippen LogP contribution in [0.1, 0.15) is 18.4 Å². The number of piperidine rings is 1. The van der Waals surface area contributed by atoms with Gasteiger partial charge in [0.05, 0.1) is 13.0 Å². The van der Waals surface area contributed by atoms with Gasteiger partial charge in [0.2, 0.25) is 0 Å². The van der Waals surface area contributed by atoms with E-state index in [-0.39, 0.29) is 17.7 Å². The molecule has 1 aliphatic heterocycles. The highest BCUT2D eigenvalue weighted by molar-refractivity contribution is 5.76. The van der Waals surface area contributed by atoms with Crippen LogP contribution < -0.4 is 16.0 Å². The fourth-order valence-electron chi connectivity index (χ4n) is 3.06. The van der Waals surface area contributed by atoms with Gasteiger partial charge in [0, 0.05) is 19.6 Å². The number of nitrogen functional groups attached to an aromatic ring is 1. The van der Waals surface area contributed by atoms with E-state index in [2.05, 4.69) is 20.2 Å². The summed E-state index contributed by atoms with van der Waals surface area (Å²) in [5.74, 6) is 0.685. The third-order valence-corrected chi connectivity index (χ3v) is 4.57. The molecule has 1 aromatic heterocycles. The molecule has 138 valence electrons. The van der Waals surface area contributed by atoms with Crippen LogP contribution in [-0.2, 0) is 16.1 Å². The number of aromatic nitrogens is 2. The third-order valence-electron chi connectivity index (χ3n) is 4.57. The molecule has 2 heterocycles. The first-order valence-corrected chi connectivity index (χ1v) is 8.50. The summed E-state index contributed by atoms with van der Waals surface area (Å²) in [6.45, 7) is 1.84. The highest BCUT2D eigenvalue weighted by Gasteiger charge is 2.27. The molecule has 0 atom stereocenters. The largest absolute Gasteiger partial charge is 0.469 e. The molecule has 3 rings (SSSR count). The second-order valence-corrected chi connectivity index (χ2v) is 6.22. The van der Waals surface area contributed by atoms with Gasteiger partial charge in [-0.3, -0.25) is 4.79 Å². The summed E-state index contributed by atoms with van der Waals surface area (Å²) in [6.07, 6.45) is 2.87. The zero-order chi connectivity index (χ0) is 18.5. The van der Waals surface area contributed by atoms with Crippen LogP contribution in [0.4, 0.5) is 21.7 Å². The molecule has 0 radical (unpaired) electrons.